The van der Waals surface area contributed by atoms with Crippen molar-refractivity contribution in [2.75, 3.05) is 20.2 Å². The molecule has 102 valence electrons. The van der Waals surface area contributed by atoms with E-state index >= 15 is 0 Å². The van der Waals surface area contributed by atoms with Crippen molar-refractivity contribution in [1.29, 1.82) is 0 Å². The summed E-state index contributed by atoms with van der Waals surface area (Å²) in [4.78, 5) is 24.4. The Hall–Kier alpha value is -2.30. The second-order valence-corrected chi connectivity index (χ2v) is 3.85. The third-order valence-corrected chi connectivity index (χ3v) is 2.55. The van der Waals surface area contributed by atoms with E-state index in [1.165, 1.54) is 30.2 Å². The van der Waals surface area contributed by atoms with Crippen LogP contribution in [0.4, 0.5) is 0 Å². The monoisotopic (exact) mass is 263 g/mol. The van der Waals surface area contributed by atoms with Crippen LogP contribution in [0, 0.1) is 0 Å². The van der Waals surface area contributed by atoms with Gasteiger partial charge in [0.1, 0.15) is 12.3 Å². The van der Waals surface area contributed by atoms with Gasteiger partial charge in [0, 0.05) is 12.6 Å². The van der Waals surface area contributed by atoms with Crippen LogP contribution in [-0.4, -0.2) is 42.1 Å². The lowest BCUT2D eigenvalue weighted by atomic mass is 10.2. The molecule has 1 N–H and O–H groups in total. The van der Waals surface area contributed by atoms with Crippen LogP contribution >= 0.6 is 0 Å². The average Bonchev–Trinajstić information content (AvgIpc) is 2.43. The van der Waals surface area contributed by atoms with Gasteiger partial charge < -0.3 is 14.7 Å². The Kier molecular flexibility index (Phi) is 5.60. The van der Waals surface area contributed by atoms with Crippen LogP contribution in [0.2, 0.25) is 0 Å². The van der Waals surface area contributed by atoms with Gasteiger partial charge in [-0.05, 0) is 30.7 Å². The first kappa shape index (κ1) is 14.8. The number of nitrogens with zero attached hydrogens (tertiary/aromatic N) is 1. The summed E-state index contributed by atoms with van der Waals surface area (Å²) in [5, 5.41) is 9.14. The van der Waals surface area contributed by atoms with E-state index in [4.69, 9.17) is 5.11 Å². The third kappa shape index (κ3) is 4.83. The molecule has 0 aliphatic carbocycles. The number of carbonyl (C=O) groups is 2. The quantitative estimate of drug-likeness (QED) is 0.644. The van der Waals surface area contributed by atoms with E-state index in [1.54, 1.807) is 25.1 Å². The lowest BCUT2D eigenvalue weighted by molar-refractivity contribution is -0.145. The number of esters is 1. The molecule has 0 saturated heterocycles. The van der Waals surface area contributed by atoms with Crippen molar-refractivity contribution in [3.8, 4) is 5.75 Å². The van der Waals surface area contributed by atoms with Gasteiger partial charge in [-0.1, -0.05) is 12.1 Å². The summed E-state index contributed by atoms with van der Waals surface area (Å²) in [5.41, 5.74) is 0.792. The van der Waals surface area contributed by atoms with Crippen molar-refractivity contribution in [2.45, 2.75) is 6.92 Å². The van der Waals surface area contributed by atoms with Gasteiger partial charge in [-0.15, -0.1) is 0 Å². The second-order valence-electron chi connectivity index (χ2n) is 3.85. The number of ether oxygens (including phenoxy) is 1. The number of methoxy groups -OCH3 is 1. The van der Waals surface area contributed by atoms with Crippen molar-refractivity contribution in [2.24, 2.45) is 0 Å². The molecule has 0 spiro atoms. The maximum atomic E-state index is 11.8. The highest BCUT2D eigenvalue weighted by molar-refractivity contribution is 5.93. The number of hydrogen-bond donors (Lipinski definition) is 1. The van der Waals surface area contributed by atoms with Gasteiger partial charge in [0.25, 0.3) is 0 Å². The molecule has 1 aromatic rings. The van der Waals surface area contributed by atoms with Crippen molar-refractivity contribution in [3.63, 3.8) is 0 Å². The van der Waals surface area contributed by atoms with Crippen LogP contribution in [0.15, 0.2) is 30.3 Å². The van der Waals surface area contributed by atoms with Crippen LogP contribution in [0.5, 0.6) is 5.75 Å². The van der Waals surface area contributed by atoms with Gasteiger partial charge >= 0.3 is 5.97 Å². The molecular formula is C14H17NO4. The largest absolute Gasteiger partial charge is 0.508 e. The lowest BCUT2D eigenvalue weighted by Gasteiger charge is -2.17. The molecule has 0 unspecified atom stereocenters. The maximum Gasteiger partial charge on any atom is 0.325 e. The van der Waals surface area contributed by atoms with Gasteiger partial charge in [0.2, 0.25) is 5.91 Å². The minimum atomic E-state index is -0.451. The number of amides is 1. The van der Waals surface area contributed by atoms with Crippen molar-refractivity contribution >= 4 is 18.0 Å². The maximum absolute atomic E-state index is 11.8. The Bertz CT molecular complexity index is 465. The number of rotatable bonds is 5. The first-order valence-corrected chi connectivity index (χ1v) is 5.89. The van der Waals surface area contributed by atoms with E-state index in [0.717, 1.165) is 5.56 Å². The molecule has 0 saturated carbocycles. The fourth-order valence-electron chi connectivity index (χ4n) is 1.42. The summed E-state index contributed by atoms with van der Waals surface area (Å²) in [7, 11) is 1.28. The zero-order valence-corrected chi connectivity index (χ0v) is 11.0. The van der Waals surface area contributed by atoms with Gasteiger partial charge in [0.15, 0.2) is 0 Å². The first-order chi connectivity index (χ1) is 9.06. The molecule has 0 bridgehead atoms. The third-order valence-electron chi connectivity index (χ3n) is 2.55. The van der Waals surface area contributed by atoms with E-state index < -0.39 is 5.97 Å². The number of carbonyl (C=O) groups excluding carboxylic acids is 2. The summed E-state index contributed by atoms with van der Waals surface area (Å²) >= 11 is 0. The molecule has 1 amide bonds. The molecule has 5 nitrogen and oxygen atoms in total. The average molecular weight is 263 g/mol. The fraction of sp³-hybridized carbons (Fsp3) is 0.286. The predicted octanol–water partition coefficient (Wildman–Crippen LogP) is 1.43. The van der Waals surface area contributed by atoms with E-state index in [0.29, 0.717) is 6.54 Å². The number of phenolic OH excluding ortho intramolecular Hbond substituents is 1. The Morgan fingerprint density at radius 2 is 1.95 bits per heavy atom. The van der Waals surface area contributed by atoms with Crippen molar-refractivity contribution in [1.82, 2.24) is 4.90 Å². The Balaban J connectivity index is 2.66. The summed E-state index contributed by atoms with van der Waals surface area (Å²) < 4.78 is 4.52. The highest BCUT2D eigenvalue weighted by atomic mass is 16.5. The fourth-order valence-corrected chi connectivity index (χ4v) is 1.42. The summed E-state index contributed by atoms with van der Waals surface area (Å²) in [5.74, 6) is -0.543. The number of benzene rings is 1. The van der Waals surface area contributed by atoms with Gasteiger partial charge in [-0.3, -0.25) is 9.59 Å². The summed E-state index contributed by atoms with van der Waals surface area (Å²) in [6.07, 6.45) is 3.01. The smallest absolute Gasteiger partial charge is 0.325 e. The molecule has 0 aliphatic heterocycles. The predicted molar refractivity (Wildman–Crippen MR) is 71.4 cm³/mol. The van der Waals surface area contributed by atoms with E-state index in [-0.39, 0.29) is 18.2 Å². The minimum absolute atomic E-state index is 0.0637. The van der Waals surface area contributed by atoms with Crippen LogP contribution in [-0.2, 0) is 14.3 Å². The van der Waals surface area contributed by atoms with Crippen LogP contribution in [0.3, 0.4) is 0 Å². The highest BCUT2D eigenvalue weighted by Gasteiger charge is 2.12. The topological polar surface area (TPSA) is 66.8 Å². The molecule has 0 aromatic heterocycles. The summed E-state index contributed by atoms with van der Waals surface area (Å²) in [6.45, 7) is 2.15. The Morgan fingerprint density at radius 1 is 1.32 bits per heavy atom. The number of aromatic hydroxyl groups is 1. The van der Waals surface area contributed by atoms with Crippen LogP contribution < -0.4 is 0 Å². The van der Waals surface area contributed by atoms with Crippen LogP contribution in [0.25, 0.3) is 6.08 Å². The Labute approximate surface area is 112 Å². The second kappa shape index (κ2) is 7.20. The zero-order valence-electron chi connectivity index (χ0n) is 11.0. The molecule has 1 rings (SSSR count). The van der Waals surface area contributed by atoms with E-state index in [1.807, 2.05) is 0 Å². The number of hydrogen-bond acceptors (Lipinski definition) is 4. The zero-order chi connectivity index (χ0) is 14.3. The molecule has 1 aromatic carbocycles. The molecule has 0 atom stereocenters. The Morgan fingerprint density at radius 3 is 2.47 bits per heavy atom. The first-order valence-electron chi connectivity index (χ1n) is 5.89. The van der Waals surface area contributed by atoms with Crippen molar-refractivity contribution < 1.29 is 19.4 Å². The molecule has 0 fully saturated rings. The SMILES string of the molecule is CCN(CC(=O)OC)C(=O)C=Cc1ccc(O)cc1. The molecular weight excluding hydrogens is 246 g/mol. The van der Waals surface area contributed by atoms with E-state index in [9.17, 15) is 9.59 Å². The number of phenols is 1. The highest BCUT2D eigenvalue weighted by Crippen LogP contribution is 2.10. The molecule has 0 radical (unpaired) electrons. The molecule has 19 heavy (non-hydrogen) atoms. The summed E-state index contributed by atoms with van der Waals surface area (Å²) in [6, 6.07) is 6.46. The van der Waals surface area contributed by atoms with Crippen LogP contribution in [0.1, 0.15) is 12.5 Å². The minimum Gasteiger partial charge on any atom is -0.508 e. The van der Waals surface area contributed by atoms with Gasteiger partial charge in [-0.25, -0.2) is 0 Å². The van der Waals surface area contributed by atoms with Gasteiger partial charge in [0.05, 0.1) is 7.11 Å². The lowest BCUT2D eigenvalue weighted by Crippen LogP contribution is -2.34. The standard InChI is InChI=1S/C14H17NO4/c1-3-15(10-14(18)19-2)13(17)9-6-11-4-7-12(16)8-5-11/h4-9,16H,3,10H2,1-2H3. The number of likely N-dealkylation sites (N-methyl/N-ethyl adjacent to an activating group) is 1. The normalized spacial score (nSPS) is 10.4. The van der Waals surface area contributed by atoms with Gasteiger partial charge in [-0.2, -0.15) is 0 Å². The van der Waals surface area contributed by atoms with Crippen molar-refractivity contribution in [3.05, 3.63) is 35.9 Å². The molecule has 5 heteroatoms. The van der Waals surface area contributed by atoms with E-state index in [2.05, 4.69) is 4.74 Å². The molecule has 0 aliphatic rings. The molecule has 0 heterocycles.